The lowest BCUT2D eigenvalue weighted by Crippen LogP contribution is -2.74. The number of aryl methyl sites for hydroxylation is 1. The van der Waals surface area contributed by atoms with Crippen LogP contribution in [0.5, 0.6) is 0 Å². The van der Waals surface area contributed by atoms with Gasteiger partial charge in [-0.05, 0) is 38.0 Å². The van der Waals surface area contributed by atoms with Gasteiger partial charge in [0.15, 0.2) is 0 Å². The van der Waals surface area contributed by atoms with Crippen molar-refractivity contribution in [1.29, 1.82) is 0 Å². The van der Waals surface area contributed by atoms with Crippen LogP contribution in [0, 0.1) is 12.3 Å². The minimum atomic E-state index is -3.28. The van der Waals surface area contributed by atoms with Crippen molar-refractivity contribution in [2.45, 2.75) is 52.2 Å². The van der Waals surface area contributed by atoms with E-state index in [0.29, 0.717) is 37.4 Å². The molecular formula is C19H30ClN3O4S. The number of carbonyl (C=O) groups is 1. The summed E-state index contributed by atoms with van der Waals surface area (Å²) >= 11 is 0. The van der Waals surface area contributed by atoms with E-state index in [1.54, 1.807) is 12.1 Å². The second-order valence-electron chi connectivity index (χ2n) is 8.04. The fourth-order valence-corrected chi connectivity index (χ4v) is 5.55. The third-order valence-electron chi connectivity index (χ3n) is 6.07. The van der Waals surface area contributed by atoms with E-state index in [1.807, 2.05) is 33.8 Å². The molecule has 0 radical (unpaired) electrons. The summed E-state index contributed by atoms with van der Waals surface area (Å²) in [5, 5.41) is 2.88. The first-order chi connectivity index (χ1) is 12.5. The summed E-state index contributed by atoms with van der Waals surface area (Å²) in [6.07, 6.45) is 1.01. The quantitative estimate of drug-likeness (QED) is 0.745. The number of amides is 1. The Morgan fingerprint density at radius 2 is 2.07 bits per heavy atom. The van der Waals surface area contributed by atoms with E-state index in [9.17, 15) is 13.2 Å². The molecule has 7 nitrogen and oxygen atoms in total. The van der Waals surface area contributed by atoms with Crippen molar-refractivity contribution >= 4 is 39.7 Å². The summed E-state index contributed by atoms with van der Waals surface area (Å²) in [5.41, 5.74) is 6.91. The van der Waals surface area contributed by atoms with Gasteiger partial charge in [-0.25, -0.2) is 8.42 Å². The third kappa shape index (κ3) is 3.63. The molecule has 1 saturated carbocycles. The van der Waals surface area contributed by atoms with E-state index in [-0.39, 0.29) is 30.2 Å². The topological polar surface area (TPSA) is 102 Å². The van der Waals surface area contributed by atoms with Crippen molar-refractivity contribution in [2.24, 2.45) is 11.1 Å². The molecule has 0 bridgehead atoms. The molecule has 1 aromatic carbocycles. The van der Waals surface area contributed by atoms with E-state index in [2.05, 4.69) is 5.32 Å². The molecule has 1 heterocycles. The molecule has 1 saturated heterocycles. The van der Waals surface area contributed by atoms with Gasteiger partial charge in [-0.2, -0.15) is 0 Å². The summed E-state index contributed by atoms with van der Waals surface area (Å²) in [6, 6.07) is 5.30. The van der Waals surface area contributed by atoms with Gasteiger partial charge in [0.05, 0.1) is 17.5 Å². The van der Waals surface area contributed by atoms with Crippen LogP contribution in [0.25, 0.3) is 0 Å². The predicted molar refractivity (Wildman–Crippen MR) is 114 cm³/mol. The molecule has 2 aliphatic rings. The molecule has 9 heteroatoms. The lowest BCUT2D eigenvalue weighted by Gasteiger charge is -2.57. The smallest absolute Gasteiger partial charge is 0.245 e. The molecular weight excluding hydrogens is 402 g/mol. The molecule has 28 heavy (non-hydrogen) atoms. The standard InChI is InChI=1S/C19H29N3O4S.ClH/c1-5-26-16-12-19(20,18(16,3)4)17(23)21-14-8-7-13(2)15(11-14)22-9-6-10-27(22,24)25;/h7-8,11,16H,5-6,9-10,12,20H2,1-4H3,(H,21,23);1H. The van der Waals surface area contributed by atoms with E-state index in [0.717, 1.165) is 5.56 Å². The highest BCUT2D eigenvalue weighted by Gasteiger charge is 2.62. The van der Waals surface area contributed by atoms with E-state index in [1.165, 1.54) is 4.31 Å². The highest BCUT2D eigenvalue weighted by molar-refractivity contribution is 7.93. The van der Waals surface area contributed by atoms with Crippen LogP contribution in [0.4, 0.5) is 11.4 Å². The zero-order chi connectivity index (χ0) is 20.0. The largest absolute Gasteiger partial charge is 0.378 e. The summed E-state index contributed by atoms with van der Waals surface area (Å²) in [6.45, 7) is 8.71. The summed E-state index contributed by atoms with van der Waals surface area (Å²) in [7, 11) is -3.28. The summed E-state index contributed by atoms with van der Waals surface area (Å²) < 4.78 is 31.6. The van der Waals surface area contributed by atoms with Crippen LogP contribution >= 0.6 is 12.4 Å². The van der Waals surface area contributed by atoms with Gasteiger partial charge in [0.25, 0.3) is 0 Å². The molecule has 0 spiro atoms. The Labute approximate surface area is 173 Å². The van der Waals surface area contributed by atoms with Crippen molar-refractivity contribution in [3.63, 3.8) is 0 Å². The van der Waals surface area contributed by atoms with Crippen molar-refractivity contribution in [3.05, 3.63) is 23.8 Å². The fraction of sp³-hybridized carbons (Fsp3) is 0.632. The molecule has 3 rings (SSSR count). The monoisotopic (exact) mass is 431 g/mol. The van der Waals surface area contributed by atoms with Crippen LogP contribution in [0.1, 0.15) is 39.2 Å². The first-order valence-electron chi connectivity index (χ1n) is 9.36. The number of sulfonamides is 1. The molecule has 2 atom stereocenters. The molecule has 3 N–H and O–H groups in total. The van der Waals surface area contributed by atoms with Gasteiger partial charge in [-0.3, -0.25) is 9.10 Å². The Balaban J connectivity index is 0.00000280. The number of carbonyl (C=O) groups excluding carboxylic acids is 1. The number of nitrogens with one attached hydrogen (secondary N) is 1. The zero-order valence-corrected chi connectivity index (χ0v) is 18.5. The highest BCUT2D eigenvalue weighted by atomic mass is 35.5. The van der Waals surface area contributed by atoms with Gasteiger partial charge >= 0.3 is 0 Å². The third-order valence-corrected chi connectivity index (χ3v) is 7.93. The molecule has 1 aliphatic heterocycles. The number of nitrogens with zero attached hydrogens (tertiary/aromatic N) is 1. The molecule has 0 aromatic heterocycles. The first kappa shape index (κ1) is 22.9. The Bertz CT molecular complexity index is 859. The second kappa shape index (κ2) is 7.82. The number of ether oxygens (including phenoxy) is 1. The van der Waals surface area contributed by atoms with Crippen LogP contribution in [0.3, 0.4) is 0 Å². The van der Waals surface area contributed by atoms with Crippen LogP contribution in [-0.2, 0) is 19.6 Å². The maximum absolute atomic E-state index is 12.9. The summed E-state index contributed by atoms with van der Waals surface area (Å²) in [4.78, 5) is 12.9. The normalized spacial score (nSPS) is 27.6. The van der Waals surface area contributed by atoms with E-state index in [4.69, 9.17) is 10.5 Å². The molecule has 2 fully saturated rings. The molecule has 1 aromatic rings. The number of nitrogens with two attached hydrogens (primary N) is 1. The Morgan fingerprint density at radius 3 is 2.61 bits per heavy atom. The Hall–Kier alpha value is -1.35. The number of hydrogen-bond donors (Lipinski definition) is 2. The average Bonchev–Trinajstić information content (AvgIpc) is 2.95. The number of halogens is 1. The predicted octanol–water partition coefficient (Wildman–Crippen LogP) is 2.43. The number of rotatable bonds is 5. The van der Waals surface area contributed by atoms with Crippen LogP contribution in [-0.4, -0.2) is 44.9 Å². The Morgan fingerprint density at radius 1 is 1.39 bits per heavy atom. The van der Waals surface area contributed by atoms with Crippen molar-refractivity contribution in [1.82, 2.24) is 0 Å². The maximum Gasteiger partial charge on any atom is 0.245 e. The van der Waals surface area contributed by atoms with Crippen LogP contribution < -0.4 is 15.4 Å². The fourth-order valence-electron chi connectivity index (χ4n) is 3.93. The van der Waals surface area contributed by atoms with Crippen molar-refractivity contribution < 1.29 is 17.9 Å². The summed E-state index contributed by atoms with van der Waals surface area (Å²) in [5.74, 6) is -0.121. The second-order valence-corrected chi connectivity index (χ2v) is 10.1. The van der Waals surface area contributed by atoms with Crippen molar-refractivity contribution in [3.8, 4) is 0 Å². The molecule has 2 unspecified atom stereocenters. The lowest BCUT2D eigenvalue weighted by molar-refractivity contribution is -0.166. The zero-order valence-electron chi connectivity index (χ0n) is 16.8. The molecule has 158 valence electrons. The SMILES string of the molecule is CCOC1CC(N)(C(=O)Nc2ccc(C)c(N3CCCS3(=O)=O)c2)C1(C)C.Cl. The van der Waals surface area contributed by atoms with Gasteiger partial charge in [-0.15, -0.1) is 12.4 Å². The minimum absolute atomic E-state index is 0. The first-order valence-corrected chi connectivity index (χ1v) is 11.0. The maximum atomic E-state index is 12.9. The van der Waals surface area contributed by atoms with Gasteiger partial charge < -0.3 is 15.8 Å². The Kier molecular flexibility index (Phi) is 6.40. The van der Waals surface area contributed by atoms with E-state index >= 15 is 0 Å². The molecule has 1 aliphatic carbocycles. The number of anilines is 2. The minimum Gasteiger partial charge on any atom is -0.378 e. The van der Waals surface area contributed by atoms with E-state index < -0.39 is 21.0 Å². The van der Waals surface area contributed by atoms with Gasteiger partial charge in [0.2, 0.25) is 15.9 Å². The van der Waals surface area contributed by atoms with Crippen molar-refractivity contribution in [2.75, 3.05) is 28.5 Å². The molecule has 1 amide bonds. The number of benzene rings is 1. The van der Waals surface area contributed by atoms with Crippen LogP contribution in [0.15, 0.2) is 18.2 Å². The van der Waals surface area contributed by atoms with Gasteiger partial charge in [-0.1, -0.05) is 19.9 Å². The highest BCUT2D eigenvalue weighted by Crippen LogP contribution is 2.50. The lowest BCUT2D eigenvalue weighted by atomic mass is 9.54. The number of hydrogen-bond acceptors (Lipinski definition) is 5. The van der Waals surface area contributed by atoms with Crippen LogP contribution in [0.2, 0.25) is 0 Å². The van der Waals surface area contributed by atoms with Gasteiger partial charge in [0, 0.05) is 30.7 Å². The average molecular weight is 432 g/mol. The van der Waals surface area contributed by atoms with Gasteiger partial charge in [0.1, 0.15) is 5.54 Å².